The fraction of sp³-hybridized carbons (Fsp3) is 0.400. The van der Waals surface area contributed by atoms with E-state index in [-0.39, 0.29) is 11.2 Å². The predicted molar refractivity (Wildman–Crippen MR) is 104 cm³/mol. The minimum Gasteiger partial charge on any atom is -0.383 e. The zero-order valence-electron chi connectivity index (χ0n) is 14.9. The van der Waals surface area contributed by atoms with E-state index in [0.717, 1.165) is 40.6 Å². The van der Waals surface area contributed by atoms with Crippen molar-refractivity contribution in [3.63, 3.8) is 0 Å². The van der Waals surface area contributed by atoms with Crippen molar-refractivity contribution in [2.45, 2.75) is 38.8 Å². The van der Waals surface area contributed by atoms with Crippen molar-refractivity contribution in [3.05, 3.63) is 67.2 Å². The summed E-state index contributed by atoms with van der Waals surface area (Å²) in [6.07, 6.45) is 3.71. The number of ether oxygens (including phenoxy) is 1. The maximum atomic E-state index is 13.1. The van der Waals surface area contributed by atoms with Gasteiger partial charge in [0.2, 0.25) is 0 Å². The van der Waals surface area contributed by atoms with Crippen molar-refractivity contribution in [1.82, 2.24) is 9.13 Å². The minimum atomic E-state index is -0.226. The molecule has 0 bridgehead atoms. The largest absolute Gasteiger partial charge is 0.383 e. The summed E-state index contributed by atoms with van der Waals surface area (Å²) in [5, 5.41) is 0.756. The monoisotopic (exact) mass is 370 g/mol. The Hall–Kier alpha value is -2.18. The van der Waals surface area contributed by atoms with Gasteiger partial charge in [0.25, 0.3) is 5.56 Å². The maximum absolute atomic E-state index is 13.1. The summed E-state index contributed by atoms with van der Waals surface area (Å²) in [6, 6.07) is 9.96. The summed E-state index contributed by atoms with van der Waals surface area (Å²) < 4.78 is 8.33. The van der Waals surface area contributed by atoms with Gasteiger partial charge in [0, 0.05) is 18.5 Å². The van der Waals surface area contributed by atoms with Crippen LogP contribution in [-0.4, -0.2) is 22.9 Å². The summed E-state index contributed by atoms with van der Waals surface area (Å²) in [5.74, 6) is 0. The third-order valence-corrected chi connectivity index (χ3v) is 6.37. The van der Waals surface area contributed by atoms with E-state index in [1.165, 1.54) is 9.44 Å². The Morgan fingerprint density at radius 3 is 2.65 bits per heavy atom. The zero-order valence-corrected chi connectivity index (χ0v) is 15.7. The molecule has 1 aliphatic rings. The summed E-state index contributed by atoms with van der Waals surface area (Å²) in [5.41, 5.74) is 1.93. The van der Waals surface area contributed by atoms with Crippen LogP contribution in [0.15, 0.2) is 39.9 Å². The molecular weight excluding hydrogens is 348 g/mol. The lowest BCUT2D eigenvalue weighted by atomic mass is 10.1. The van der Waals surface area contributed by atoms with Crippen molar-refractivity contribution >= 4 is 21.6 Å². The fourth-order valence-electron chi connectivity index (χ4n) is 3.72. The third kappa shape index (κ3) is 2.93. The molecule has 0 radical (unpaired) electrons. The third-order valence-electron chi connectivity index (χ3n) is 5.05. The highest BCUT2D eigenvalue weighted by Crippen LogP contribution is 2.35. The molecule has 2 aromatic heterocycles. The van der Waals surface area contributed by atoms with Gasteiger partial charge in [-0.05, 0) is 36.8 Å². The smallest absolute Gasteiger partial charge is 0.332 e. The molecule has 0 spiro atoms. The second-order valence-electron chi connectivity index (χ2n) is 6.66. The van der Waals surface area contributed by atoms with Crippen molar-refractivity contribution in [1.29, 1.82) is 0 Å². The van der Waals surface area contributed by atoms with Gasteiger partial charge in [-0.1, -0.05) is 30.3 Å². The lowest BCUT2D eigenvalue weighted by molar-refractivity contribution is 0.186. The van der Waals surface area contributed by atoms with Gasteiger partial charge in [0.05, 0.1) is 18.5 Å². The molecule has 136 valence electrons. The van der Waals surface area contributed by atoms with Gasteiger partial charge in [-0.25, -0.2) is 4.79 Å². The van der Waals surface area contributed by atoms with Crippen molar-refractivity contribution in [2.75, 3.05) is 13.7 Å². The molecule has 0 saturated carbocycles. The summed E-state index contributed by atoms with van der Waals surface area (Å²) in [4.78, 5) is 28.3. The lowest BCUT2D eigenvalue weighted by Gasteiger charge is -2.12. The van der Waals surface area contributed by atoms with E-state index in [1.807, 2.05) is 30.3 Å². The number of thiophene rings is 1. The van der Waals surface area contributed by atoms with Crippen LogP contribution in [0.3, 0.4) is 0 Å². The topological polar surface area (TPSA) is 53.2 Å². The van der Waals surface area contributed by atoms with E-state index in [2.05, 4.69) is 0 Å². The van der Waals surface area contributed by atoms with Crippen LogP contribution in [0, 0.1) is 0 Å². The van der Waals surface area contributed by atoms with Gasteiger partial charge < -0.3 is 4.74 Å². The molecule has 5 nitrogen and oxygen atoms in total. The summed E-state index contributed by atoms with van der Waals surface area (Å²) in [7, 11) is 1.63. The molecule has 0 N–H and O–H groups in total. The van der Waals surface area contributed by atoms with Crippen molar-refractivity contribution < 1.29 is 4.74 Å². The Bertz CT molecular complexity index is 1050. The summed E-state index contributed by atoms with van der Waals surface area (Å²) >= 11 is 1.61. The van der Waals surface area contributed by atoms with E-state index >= 15 is 0 Å². The van der Waals surface area contributed by atoms with Crippen LogP contribution in [0.25, 0.3) is 10.2 Å². The number of hydrogen-bond acceptors (Lipinski definition) is 4. The van der Waals surface area contributed by atoms with Crippen LogP contribution in [0.2, 0.25) is 0 Å². The van der Waals surface area contributed by atoms with E-state index in [4.69, 9.17) is 4.74 Å². The number of fused-ring (bicyclic) bond motifs is 3. The molecule has 1 aromatic carbocycles. The molecule has 0 unspecified atom stereocenters. The number of rotatable bonds is 6. The van der Waals surface area contributed by atoms with Crippen LogP contribution in [0.1, 0.15) is 22.4 Å². The molecule has 0 amide bonds. The SMILES string of the molecule is COCCn1c(=O)n(CCc2ccccc2)c(=O)c2c3c(sc21)CCC3. The second kappa shape index (κ2) is 7.21. The van der Waals surface area contributed by atoms with Crippen LogP contribution in [0.5, 0.6) is 0 Å². The average molecular weight is 370 g/mol. The van der Waals surface area contributed by atoms with E-state index in [9.17, 15) is 9.59 Å². The van der Waals surface area contributed by atoms with Gasteiger partial charge >= 0.3 is 5.69 Å². The summed E-state index contributed by atoms with van der Waals surface area (Å²) in [6.45, 7) is 1.32. The first-order valence-corrected chi connectivity index (χ1v) is 9.83. The van der Waals surface area contributed by atoms with Crippen LogP contribution >= 0.6 is 11.3 Å². The molecule has 0 saturated heterocycles. The first-order valence-electron chi connectivity index (χ1n) is 9.01. The molecule has 2 heterocycles. The quantitative estimate of drug-likeness (QED) is 0.670. The van der Waals surface area contributed by atoms with Crippen molar-refractivity contribution in [3.8, 4) is 0 Å². The number of methoxy groups -OCH3 is 1. The Morgan fingerprint density at radius 1 is 1.08 bits per heavy atom. The zero-order chi connectivity index (χ0) is 18.1. The standard InChI is InChI=1S/C20H22N2O3S/c1-25-13-12-22-19-17(15-8-5-9-16(15)26-19)18(23)21(20(22)24)11-10-14-6-3-2-4-7-14/h2-4,6-7H,5,8-13H2,1H3. The van der Waals surface area contributed by atoms with Gasteiger partial charge in [0.1, 0.15) is 4.83 Å². The molecule has 1 aliphatic carbocycles. The predicted octanol–water partition coefficient (Wildman–Crippen LogP) is 2.60. The van der Waals surface area contributed by atoms with Gasteiger partial charge in [0.15, 0.2) is 0 Å². The van der Waals surface area contributed by atoms with E-state index < -0.39 is 0 Å². The highest BCUT2D eigenvalue weighted by Gasteiger charge is 2.24. The number of hydrogen-bond donors (Lipinski definition) is 0. The van der Waals surface area contributed by atoms with Crippen LogP contribution in [-0.2, 0) is 37.1 Å². The van der Waals surface area contributed by atoms with Gasteiger partial charge in [-0.15, -0.1) is 11.3 Å². The van der Waals surface area contributed by atoms with Crippen molar-refractivity contribution in [2.24, 2.45) is 0 Å². The molecule has 0 aliphatic heterocycles. The number of aryl methyl sites for hydroxylation is 3. The molecular formula is C20H22N2O3S. The average Bonchev–Trinajstić information content (AvgIpc) is 3.23. The Balaban J connectivity index is 1.83. The number of aromatic nitrogens is 2. The minimum absolute atomic E-state index is 0.131. The molecule has 4 rings (SSSR count). The van der Waals surface area contributed by atoms with Gasteiger partial charge in [-0.3, -0.25) is 13.9 Å². The molecule has 0 atom stereocenters. The first kappa shape index (κ1) is 17.2. The molecule has 3 aromatic rings. The maximum Gasteiger partial charge on any atom is 0.332 e. The highest BCUT2D eigenvalue weighted by atomic mass is 32.1. The Labute approximate surface area is 155 Å². The fourth-order valence-corrected chi connectivity index (χ4v) is 5.12. The van der Waals surface area contributed by atoms with E-state index in [1.54, 1.807) is 23.0 Å². The Morgan fingerprint density at radius 2 is 1.88 bits per heavy atom. The Kier molecular flexibility index (Phi) is 4.78. The molecule has 0 fully saturated rings. The normalized spacial score (nSPS) is 13.4. The van der Waals surface area contributed by atoms with Crippen LogP contribution in [0.4, 0.5) is 0 Å². The lowest BCUT2D eigenvalue weighted by Crippen LogP contribution is -2.40. The first-order chi connectivity index (χ1) is 12.7. The second-order valence-corrected chi connectivity index (χ2v) is 7.74. The number of benzene rings is 1. The van der Waals surface area contributed by atoms with Gasteiger partial charge in [-0.2, -0.15) is 0 Å². The van der Waals surface area contributed by atoms with Crippen LogP contribution < -0.4 is 11.2 Å². The molecule has 6 heteroatoms. The molecule has 26 heavy (non-hydrogen) atoms. The highest BCUT2D eigenvalue weighted by molar-refractivity contribution is 7.18. The van der Waals surface area contributed by atoms with E-state index in [0.29, 0.717) is 26.1 Å². The number of nitrogens with zero attached hydrogens (tertiary/aromatic N) is 2.